The number of rotatable bonds is 4. The molecule has 0 amide bonds. The van der Waals surface area contributed by atoms with E-state index in [4.69, 9.17) is 11.0 Å². The molecule has 0 atom stereocenters. The Labute approximate surface area is 54.1 Å². The number of hydrogen-bond donors (Lipinski definition) is 1. The number of hydrogen-bond acceptors (Lipinski definition) is 3. The van der Waals surface area contributed by atoms with Gasteiger partial charge < -0.3 is 5.73 Å². The van der Waals surface area contributed by atoms with E-state index in [9.17, 15) is 0 Å². The van der Waals surface area contributed by atoms with Crippen molar-refractivity contribution in [2.24, 2.45) is 5.73 Å². The number of nitrogens with two attached hydrogens (primary N) is 1. The van der Waals surface area contributed by atoms with Gasteiger partial charge in [0.1, 0.15) is 0 Å². The van der Waals surface area contributed by atoms with E-state index in [1.54, 1.807) is 11.8 Å². The van der Waals surface area contributed by atoms with Gasteiger partial charge in [-0.3, -0.25) is 0 Å². The summed E-state index contributed by atoms with van der Waals surface area (Å²) in [6.45, 7) is 0. The van der Waals surface area contributed by atoms with Crippen molar-refractivity contribution < 1.29 is 0 Å². The summed E-state index contributed by atoms with van der Waals surface area (Å²) < 4.78 is 0. The first-order valence-corrected chi connectivity index (χ1v) is 3.72. The number of nitriles is 1. The second-order valence-electron chi connectivity index (χ2n) is 1.34. The molecule has 8 heavy (non-hydrogen) atoms. The fourth-order valence-corrected chi connectivity index (χ4v) is 0.852. The minimum Gasteiger partial charge on any atom is -0.322 e. The van der Waals surface area contributed by atoms with Gasteiger partial charge in [-0.15, -0.1) is 11.8 Å². The second-order valence-corrected chi connectivity index (χ2v) is 2.49. The molecule has 0 spiro atoms. The van der Waals surface area contributed by atoms with Crippen molar-refractivity contribution >= 4 is 11.8 Å². The summed E-state index contributed by atoms with van der Waals surface area (Å²) in [4.78, 5) is 0. The van der Waals surface area contributed by atoms with Crippen LogP contribution in [0.1, 0.15) is 12.8 Å². The van der Waals surface area contributed by atoms with Crippen LogP contribution in [-0.4, -0.2) is 11.6 Å². The quantitative estimate of drug-likeness (QED) is 0.455. The van der Waals surface area contributed by atoms with Crippen molar-refractivity contribution in [2.45, 2.75) is 12.8 Å². The predicted octanol–water partition coefficient (Wildman–Crippen LogP) is 0.940. The van der Waals surface area contributed by atoms with Crippen LogP contribution in [0.3, 0.4) is 0 Å². The molecule has 2 nitrogen and oxygen atoms in total. The van der Waals surface area contributed by atoms with Crippen LogP contribution in [0.25, 0.3) is 0 Å². The number of unbranched alkanes of at least 4 members (excludes halogenated alkanes) is 1. The summed E-state index contributed by atoms with van der Waals surface area (Å²) in [6.07, 6.45) is 1.63. The maximum atomic E-state index is 8.08. The molecule has 0 bridgehead atoms. The van der Waals surface area contributed by atoms with E-state index in [-0.39, 0.29) is 0 Å². The van der Waals surface area contributed by atoms with Crippen LogP contribution < -0.4 is 5.73 Å². The van der Waals surface area contributed by atoms with Crippen LogP contribution in [0.15, 0.2) is 0 Å². The highest BCUT2D eigenvalue weighted by Crippen LogP contribution is 1.99. The summed E-state index contributed by atoms with van der Waals surface area (Å²) in [6, 6.07) is 2.07. The molecule has 0 heterocycles. The molecule has 0 aliphatic rings. The van der Waals surface area contributed by atoms with Crippen LogP contribution in [0.5, 0.6) is 0 Å². The van der Waals surface area contributed by atoms with E-state index in [0.717, 1.165) is 12.2 Å². The van der Waals surface area contributed by atoms with Gasteiger partial charge in [-0.25, -0.2) is 0 Å². The Kier molecular flexibility index (Phi) is 6.63. The van der Waals surface area contributed by atoms with Gasteiger partial charge in [0.05, 0.1) is 6.07 Å². The maximum absolute atomic E-state index is 8.08. The highest BCUT2D eigenvalue weighted by Gasteiger charge is 1.83. The van der Waals surface area contributed by atoms with E-state index in [0.29, 0.717) is 12.3 Å². The molecule has 0 unspecified atom stereocenters. The van der Waals surface area contributed by atoms with Crippen molar-refractivity contribution in [1.82, 2.24) is 0 Å². The van der Waals surface area contributed by atoms with Crippen LogP contribution >= 0.6 is 11.8 Å². The lowest BCUT2D eigenvalue weighted by molar-refractivity contribution is 0.981. The van der Waals surface area contributed by atoms with Crippen LogP contribution in [0.2, 0.25) is 0 Å². The molecular weight excluding hydrogens is 120 g/mol. The van der Waals surface area contributed by atoms with Gasteiger partial charge in [0.15, 0.2) is 0 Å². The van der Waals surface area contributed by atoms with Gasteiger partial charge in [0.25, 0.3) is 0 Å². The third-order valence-corrected chi connectivity index (χ3v) is 1.51. The standard InChI is InChI=1S/C5H10N2S/c6-3-1-2-4-8-5-7/h1-2,4-5,7H2. The fourth-order valence-electron chi connectivity index (χ4n) is 0.337. The fraction of sp³-hybridized carbons (Fsp3) is 0.800. The van der Waals surface area contributed by atoms with Gasteiger partial charge in [-0.2, -0.15) is 5.26 Å². The second kappa shape index (κ2) is 6.80. The Balaban J connectivity index is 2.65. The van der Waals surface area contributed by atoms with Gasteiger partial charge >= 0.3 is 0 Å². The van der Waals surface area contributed by atoms with E-state index in [1.807, 2.05) is 0 Å². The molecule has 0 aromatic rings. The first-order chi connectivity index (χ1) is 3.91. The third kappa shape index (κ3) is 5.80. The van der Waals surface area contributed by atoms with E-state index in [1.165, 1.54) is 0 Å². The van der Waals surface area contributed by atoms with E-state index >= 15 is 0 Å². The lowest BCUT2D eigenvalue weighted by Gasteiger charge is -1.90. The van der Waals surface area contributed by atoms with Gasteiger partial charge in [0, 0.05) is 12.3 Å². The summed E-state index contributed by atoms with van der Waals surface area (Å²) in [7, 11) is 0. The molecule has 0 aliphatic carbocycles. The number of thioether (sulfide) groups is 1. The van der Waals surface area contributed by atoms with Crippen LogP contribution in [0.4, 0.5) is 0 Å². The largest absolute Gasteiger partial charge is 0.322 e. The molecule has 0 aromatic heterocycles. The average Bonchev–Trinajstić information content (AvgIpc) is 1.81. The normalized spacial score (nSPS) is 8.50. The number of nitrogens with zero attached hydrogens (tertiary/aromatic N) is 1. The minimum absolute atomic E-state index is 0.660. The molecule has 3 heteroatoms. The Morgan fingerprint density at radius 2 is 2.38 bits per heavy atom. The molecule has 0 rings (SSSR count). The average molecular weight is 130 g/mol. The molecule has 46 valence electrons. The molecule has 0 saturated heterocycles. The Hall–Kier alpha value is -0.200. The summed E-state index contributed by atoms with van der Waals surface area (Å²) in [5, 5.41) is 8.08. The lowest BCUT2D eigenvalue weighted by atomic mass is 10.4. The maximum Gasteiger partial charge on any atom is 0.0622 e. The van der Waals surface area contributed by atoms with Gasteiger partial charge in [-0.1, -0.05) is 0 Å². The Morgan fingerprint density at radius 3 is 2.88 bits per heavy atom. The van der Waals surface area contributed by atoms with Crippen molar-refractivity contribution in [3.8, 4) is 6.07 Å². The van der Waals surface area contributed by atoms with Crippen molar-refractivity contribution in [2.75, 3.05) is 11.6 Å². The zero-order valence-electron chi connectivity index (χ0n) is 4.76. The lowest BCUT2D eigenvalue weighted by Crippen LogP contribution is -1.93. The van der Waals surface area contributed by atoms with Crippen LogP contribution in [0, 0.1) is 11.3 Å². The molecular formula is C5H10N2S. The van der Waals surface area contributed by atoms with Crippen molar-refractivity contribution in [3.05, 3.63) is 0 Å². The topological polar surface area (TPSA) is 49.8 Å². The van der Waals surface area contributed by atoms with Crippen molar-refractivity contribution in [3.63, 3.8) is 0 Å². The van der Waals surface area contributed by atoms with Crippen LogP contribution in [-0.2, 0) is 0 Å². The molecule has 2 N–H and O–H groups in total. The monoisotopic (exact) mass is 130 g/mol. The third-order valence-electron chi connectivity index (χ3n) is 0.695. The molecule has 0 saturated carbocycles. The Bertz CT molecular complexity index is 77.0. The first-order valence-electron chi connectivity index (χ1n) is 2.56. The highest BCUT2D eigenvalue weighted by molar-refractivity contribution is 7.99. The zero-order chi connectivity index (χ0) is 6.24. The van der Waals surface area contributed by atoms with Gasteiger partial charge in [0.2, 0.25) is 0 Å². The SMILES string of the molecule is N#CCCCSCN. The summed E-state index contributed by atoms with van der Waals surface area (Å²) in [5.74, 6) is 1.69. The smallest absolute Gasteiger partial charge is 0.0622 e. The first kappa shape index (κ1) is 7.80. The summed E-state index contributed by atoms with van der Waals surface area (Å²) in [5.41, 5.74) is 5.19. The van der Waals surface area contributed by atoms with Gasteiger partial charge in [-0.05, 0) is 12.2 Å². The minimum atomic E-state index is 0.660. The summed E-state index contributed by atoms with van der Waals surface area (Å²) >= 11 is 1.67. The molecule has 0 aliphatic heterocycles. The van der Waals surface area contributed by atoms with E-state index in [2.05, 4.69) is 6.07 Å². The van der Waals surface area contributed by atoms with Crippen molar-refractivity contribution in [1.29, 1.82) is 5.26 Å². The highest BCUT2D eigenvalue weighted by atomic mass is 32.2. The molecule has 0 fully saturated rings. The predicted molar refractivity (Wildman–Crippen MR) is 36.4 cm³/mol. The molecule has 0 radical (unpaired) electrons. The zero-order valence-corrected chi connectivity index (χ0v) is 5.58. The Morgan fingerprint density at radius 1 is 1.62 bits per heavy atom. The molecule has 0 aromatic carbocycles. The van der Waals surface area contributed by atoms with E-state index < -0.39 is 0 Å².